The fourth-order valence-corrected chi connectivity index (χ4v) is 3.86. The Bertz CT molecular complexity index is 1010. The molecule has 1 fully saturated rings. The van der Waals surface area contributed by atoms with Crippen molar-refractivity contribution < 1.29 is 18.8 Å². The van der Waals surface area contributed by atoms with Gasteiger partial charge >= 0.3 is 0 Å². The molecule has 0 saturated carbocycles. The van der Waals surface area contributed by atoms with E-state index in [1.54, 1.807) is 0 Å². The van der Waals surface area contributed by atoms with Gasteiger partial charge in [-0.3, -0.25) is 4.79 Å². The smallest absolute Gasteiger partial charge is 0.257 e. The molecule has 1 amide bonds. The van der Waals surface area contributed by atoms with Crippen LogP contribution in [0.1, 0.15) is 18.4 Å². The Morgan fingerprint density at radius 3 is 2.48 bits per heavy atom. The Morgan fingerprint density at radius 1 is 1.10 bits per heavy atom. The van der Waals surface area contributed by atoms with Gasteiger partial charge < -0.3 is 19.3 Å². The maximum atomic E-state index is 12.1. The zero-order valence-corrected chi connectivity index (χ0v) is 19.0. The first kappa shape index (κ1) is 21.6. The standard InChI is InChI=1S/C24H25BrN2O4/c1-16-23(27-31-24(16)19-2-6-20(25)7-3-19)18-4-8-21(9-5-18)30-15-22(28)26-14-17-10-12-29-13-11-17/h2-9,17H,10-15H2,1H3,(H,26,28). The van der Waals surface area contributed by atoms with E-state index in [-0.39, 0.29) is 12.5 Å². The van der Waals surface area contributed by atoms with E-state index in [1.165, 1.54) is 0 Å². The molecule has 162 valence electrons. The number of nitrogens with one attached hydrogen (secondary N) is 1. The van der Waals surface area contributed by atoms with Crippen molar-refractivity contribution in [2.24, 2.45) is 5.92 Å². The van der Waals surface area contributed by atoms with E-state index in [0.717, 1.165) is 58.7 Å². The molecule has 2 aromatic carbocycles. The van der Waals surface area contributed by atoms with Crippen LogP contribution in [0.5, 0.6) is 5.75 Å². The lowest BCUT2D eigenvalue weighted by Gasteiger charge is -2.22. The lowest BCUT2D eigenvalue weighted by Crippen LogP contribution is -2.35. The van der Waals surface area contributed by atoms with E-state index in [9.17, 15) is 4.79 Å². The molecule has 0 atom stereocenters. The Labute approximate surface area is 190 Å². The second-order valence-corrected chi connectivity index (χ2v) is 8.58. The molecule has 0 unspecified atom stereocenters. The summed E-state index contributed by atoms with van der Waals surface area (Å²) < 4.78 is 17.6. The number of rotatable bonds is 7. The lowest BCUT2D eigenvalue weighted by atomic mass is 10.0. The summed E-state index contributed by atoms with van der Waals surface area (Å²) in [5.74, 6) is 1.77. The largest absolute Gasteiger partial charge is 0.484 e. The number of carbonyl (C=O) groups is 1. The van der Waals surface area contributed by atoms with Gasteiger partial charge in [-0.1, -0.05) is 33.2 Å². The topological polar surface area (TPSA) is 73.6 Å². The number of aromatic nitrogens is 1. The van der Waals surface area contributed by atoms with Crippen LogP contribution in [-0.2, 0) is 9.53 Å². The van der Waals surface area contributed by atoms with Gasteiger partial charge in [-0.15, -0.1) is 0 Å². The third-order valence-electron chi connectivity index (χ3n) is 5.46. The van der Waals surface area contributed by atoms with E-state index in [1.807, 2.05) is 55.5 Å². The normalized spacial score (nSPS) is 14.4. The summed E-state index contributed by atoms with van der Waals surface area (Å²) in [6, 6.07) is 15.5. The second kappa shape index (κ2) is 10.1. The molecule has 1 aromatic heterocycles. The number of nitrogens with zero attached hydrogens (tertiary/aromatic N) is 1. The zero-order chi connectivity index (χ0) is 21.6. The number of ether oxygens (including phenoxy) is 2. The van der Waals surface area contributed by atoms with Crippen LogP contribution in [0, 0.1) is 12.8 Å². The van der Waals surface area contributed by atoms with Crippen LogP contribution in [0.2, 0.25) is 0 Å². The summed E-state index contributed by atoms with van der Waals surface area (Å²) in [6.07, 6.45) is 1.99. The van der Waals surface area contributed by atoms with Gasteiger partial charge in [0.1, 0.15) is 11.4 Å². The third kappa shape index (κ3) is 5.54. The fourth-order valence-electron chi connectivity index (χ4n) is 3.59. The van der Waals surface area contributed by atoms with Gasteiger partial charge in [0, 0.05) is 40.9 Å². The van der Waals surface area contributed by atoms with Crippen LogP contribution in [0.3, 0.4) is 0 Å². The number of hydrogen-bond donors (Lipinski definition) is 1. The molecule has 1 aliphatic rings. The molecule has 1 saturated heterocycles. The van der Waals surface area contributed by atoms with Crippen LogP contribution in [0.25, 0.3) is 22.6 Å². The van der Waals surface area contributed by atoms with Crippen molar-refractivity contribution in [3.8, 4) is 28.3 Å². The highest BCUT2D eigenvalue weighted by atomic mass is 79.9. The third-order valence-corrected chi connectivity index (χ3v) is 5.99. The highest BCUT2D eigenvalue weighted by molar-refractivity contribution is 9.10. The number of hydrogen-bond acceptors (Lipinski definition) is 5. The minimum atomic E-state index is -0.109. The van der Waals surface area contributed by atoms with E-state index in [2.05, 4.69) is 26.4 Å². The zero-order valence-electron chi connectivity index (χ0n) is 17.4. The predicted molar refractivity (Wildman–Crippen MR) is 122 cm³/mol. The first-order chi connectivity index (χ1) is 15.1. The molecule has 3 aromatic rings. The minimum absolute atomic E-state index is 0.000725. The lowest BCUT2D eigenvalue weighted by molar-refractivity contribution is -0.123. The highest BCUT2D eigenvalue weighted by Crippen LogP contribution is 2.32. The summed E-state index contributed by atoms with van der Waals surface area (Å²) in [5, 5.41) is 7.20. The molecule has 0 bridgehead atoms. The van der Waals surface area contributed by atoms with Crippen LogP contribution >= 0.6 is 15.9 Å². The van der Waals surface area contributed by atoms with Crippen LogP contribution in [-0.4, -0.2) is 37.4 Å². The number of amides is 1. The average Bonchev–Trinajstić information content (AvgIpc) is 3.19. The number of halogens is 1. The molecule has 0 radical (unpaired) electrons. The van der Waals surface area contributed by atoms with E-state index >= 15 is 0 Å². The maximum absolute atomic E-state index is 12.1. The van der Waals surface area contributed by atoms with Crippen LogP contribution in [0.4, 0.5) is 0 Å². The predicted octanol–water partition coefficient (Wildman–Crippen LogP) is 5.00. The van der Waals surface area contributed by atoms with Crippen molar-refractivity contribution in [1.29, 1.82) is 0 Å². The summed E-state index contributed by atoms with van der Waals surface area (Å²) in [7, 11) is 0. The van der Waals surface area contributed by atoms with Crippen molar-refractivity contribution in [1.82, 2.24) is 10.5 Å². The summed E-state index contributed by atoms with van der Waals surface area (Å²) in [4.78, 5) is 12.1. The molecule has 1 aliphatic heterocycles. The van der Waals surface area contributed by atoms with Crippen molar-refractivity contribution in [3.05, 3.63) is 58.6 Å². The number of benzene rings is 2. The SMILES string of the molecule is Cc1c(-c2ccc(OCC(=O)NCC3CCOCC3)cc2)noc1-c1ccc(Br)cc1. The van der Waals surface area contributed by atoms with Crippen molar-refractivity contribution >= 4 is 21.8 Å². The minimum Gasteiger partial charge on any atom is -0.484 e. The Balaban J connectivity index is 1.33. The average molecular weight is 485 g/mol. The summed E-state index contributed by atoms with van der Waals surface area (Å²) in [6.45, 7) is 4.23. The first-order valence-corrected chi connectivity index (χ1v) is 11.2. The highest BCUT2D eigenvalue weighted by Gasteiger charge is 2.16. The first-order valence-electron chi connectivity index (χ1n) is 10.4. The van der Waals surface area contributed by atoms with Gasteiger partial charge in [0.25, 0.3) is 5.91 Å². The molecule has 31 heavy (non-hydrogen) atoms. The summed E-state index contributed by atoms with van der Waals surface area (Å²) in [5.41, 5.74) is 3.68. The van der Waals surface area contributed by atoms with E-state index in [0.29, 0.717) is 18.2 Å². The molecule has 2 heterocycles. The quantitative estimate of drug-likeness (QED) is 0.510. The Hall–Kier alpha value is -2.64. The second-order valence-electron chi connectivity index (χ2n) is 7.67. The molecule has 1 N–H and O–H groups in total. The van der Waals surface area contributed by atoms with Gasteiger partial charge in [0.15, 0.2) is 12.4 Å². The monoisotopic (exact) mass is 484 g/mol. The van der Waals surface area contributed by atoms with Crippen LogP contribution < -0.4 is 10.1 Å². The molecule has 4 rings (SSSR count). The van der Waals surface area contributed by atoms with Gasteiger partial charge in [-0.05, 0) is 62.1 Å². The van der Waals surface area contributed by atoms with Crippen molar-refractivity contribution in [2.75, 3.05) is 26.4 Å². The summed E-state index contributed by atoms with van der Waals surface area (Å²) >= 11 is 3.45. The van der Waals surface area contributed by atoms with E-state index in [4.69, 9.17) is 14.0 Å². The molecular weight excluding hydrogens is 460 g/mol. The molecule has 0 aliphatic carbocycles. The van der Waals surface area contributed by atoms with Gasteiger partial charge in [-0.25, -0.2) is 0 Å². The molecule has 7 heteroatoms. The van der Waals surface area contributed by atoms with Gasteiger partial charge in [0.2, 0.25) is 0 Å². The Kier molecular flexibility index (Phi) is 7.04. The fraction of sp³-hybridized carbons (Fsp3) is 0.333. The molecular formula is C24H25BrN2O4. The molecule has 6 nitrogen and oxygen atoms in total. The number of carbonyl (C=O) groups excluding carboxylic acids is 1. The van der Waals surface area contributed by atoms with Gasteiger partial charge in [0.05, 0.1) is 0 Å². The Morgan fingerprint density at radius 2 is 1.77 bits per heavy atom. The van der Waals surface area contributed by atoms with E-state index < -0.39 is 0 Å². The maximum Gasteiger partial charge on any atom is 0.257 e. The van der Waals surface area contributed by atoms with Gasteiger partial charge in [-0.2, -0.15) is 0 Å². The van der Waals surface area contributed by atoms with Crippen molar-refractivity contribution in [3.63, 3.8) is 0 Å². The van der Waals surface area contributed by atoms with Crippen LogP contribution in [0.15, 0.2) is 57.5 Å². The molecule has 0 spiro atoms. The van der Waals surface area contributed by atoms with Crippen molar-refractivity contribution in [2.45, 2.75) is 19.8 Å².